The van der Waals surface area contributed by atoms with E-state index in [-0.39, 0.29) is 28.9 Å². The smallest absolute Gasteiger partial charge is 0.444 e. The molecular weight excluding hydrogens is 552 g/mol. The lowest BCUT2D eigenvalue weighted by molar-refractivity contribution is -0.274. The second kappa shape index (κ2) is 13.9. The molecule has 7 nitrogen and oxygen atoms in total. The number of rotatable bonds is 11. The maximum Gasteiger partial charge on any atom is 0.573 e. The predicted molar refractivity (Wildman–Crippen MR) is 144 cm³/mol. The maximum atomic E-state index is 15.0. The topological polar surface area (TPSA) is 93.7 Å². The van der Waals surface area contributed by atoms with Crippen LogP contribution in [-0.4, -0.2) is 47.6 Å². The van der Waals surface area contributed by atoms with Gasteiger partial charge >= 0.3 is 12.5 Å². The van der Waals surface area contributed by atoms with Crippen LogP contribution in [0, 0.1) is 5.82 Å². The Labute approximate surface area is 235 Å². The summed E-state index contributed by atoms with van der Waals surface area (Å²) in [7, 11) is 0. The zero-order valence-corrected chi connectivity index (χ0v) is 24.0. The number of halogens is 4. The Bertz CT molecular complexity index is 1190. The number of ketones is 1. The van der Waals surface area contributed by atoms with Gasteiger partial charge in [-0.05, 0) is 89.8 Å². The van der Waals surface area contributed by atoms with E-state index in [2.05, 4.69) is 15.4 Å². The minimum absolute atomic E-state index is 0.0715. The van der Waals surface area contributed by atoms with Crippen LogP contribution in [0.1, 0.15) is 63.0 Å². The molecule has 0 unspecified atom stereocenters. The largest absolute Gasteiger partial charge is 0.573 e. The van der Waals surface area contributed by atoms with Crippen LogP contribution in [0.4, 0.5) is 22.4 Å². The van der Waals surface area contributed by atoms with Crippen molar-refractivity contribution in [2.45, 2.75) is 83.3 Å². The maximum absolute atomic E-state index is 15.0. The van der Waals surface area contributed by atoms with Gasteiger partial charge in [0.05, 0.1) is 11.6 Å². The molecule has 0 aliphatic heterocycles. The zero-order chi connectivity index (χ0) is 30.3. The summed E-state index contributed by atoms with van der Waals surface area (Å²) in [6.45, 7) is 9.86. The first-order chi connectivity index (χ1) is 18.4. The number of amides is 2. The first-order valence-corrected chi connectivity index (χ1v) is 13.5. The summed E-state index contributed by atoms with van der Waals surface area (Å²) in [6, 6.07) is 6.87. The van der Waals surface area contributed by atoms with E-state index in [1.54, 1.807) is 34.6 Å². The molecule has 0 radical (unpaired) electrons. The standard InChI is InChI=1S/C28H34F4N2O5S/c1-16(2)33-25(36)21-13-19(10-7-18-8-11-20(12-9-18)38-28(30,31)32)24(14-22(21)29)40-15-23(17(3)35)34-26(37)39-27(4,5)6/h8-9,11-14,16,23H,7,10,15H2,1-6H3,(H,33,36)(H,34,37)/t23-/m0/s1. The monoisotopic (exact) mass is 586 g/mol. The molecule has 0 saturated heterocycles. The highest BCUT2D eigenvalue weighted by atomic mass is 32.2. The van der Waals surface area contributed by atoms with Gasteiger partial charge in [0.1, 0.15) is 17.2 Å². The Balaban J connectivity index is 2.28. The Morgan fingerprint density at radius 2 is 1.60 bits per heavy atom. The van der Waals surface area contributed by atoms with Gasteiger partial charge in [-0.3, -0.25) is 9.59 Å². The van der Waals surface area contributed by atoms with Crippen LogP contribution in [0.3, 0.4) is 0 Å². The van der Waals surface area contributed by atoms with Gasteiger partial charge in [-0.1, -0.05) is 12.1 Å². The number of thioether (sulfide) groups is 1. The summed E-state index contributed by atoms with van der Waals surface area (Å²) in [5.41, 5.74) is 0.363. The summed E-state index contributed by atoms with van der Waals surface area (Å²) in [5.74, 6) is -1.95. The number of alkyl carbamates (subject to hydrolysis) is 1. The third kappa shape index (κ3) is 11.4. The minimum atomic E-state index is -4.80. The van der Waals surface area contributed by atoms with Crippen LogP contribution in [-0.2, 0) is 22.4 Å². The van der Waals surface area contributed by atoms with Crippen LogP contribution in [0.5, 0.6) is 5.75 Å². The summed E-state index contributed by atoms with van der Waals surface area (Å²) in [6.07, 6.45) is -4.89. The van der Waals surface area contributed by atoms with Crippen molar-refractivity contribution in [2.75, 3.05) is 5.75 Å². The molecule has 0 heterocycles. The van der Waals surface area contributed by atoms with Gasteiger partial charge in [0.15, 0.2) is 5.78 Å². The molecule has 40 heavy (non-hydrogen) atoms. The van der Waals surface area contributed by atoms with Crippen LogP contribution in [0.2, 0.25) is 0 Å². The lowest BCUT2D eigenvalue weighted by Gasteiger charge is -2.22. The van der Waals surface area contributed by atoms with Gasteiger partial charge in [0, 0.05) is 16.7 Å². The Kier molecular flexibility index (Phi) is 11.4. The van der Waals surface area contributed by atoms with Crippen molar-refractivity contribution in [1.29, 1.82) is 0 Å². The van der Waals surface area contributed by atoms with Crippen molar-refractivity contribution in [2.24, 2.45) is 0 Å². The third-order valence-corrected chi connectivity index (χ3v) is 6.43. The molecule has 12 heteroatoms. The van der Waals surface area contributed by atoms with Crippen molar-refractivity contribution < 1.29 is 41.4 Å². The number of aryl methyl sites for hydroxylation is 2. The highest BCUT2D eigenvalue weighted by molar-refractivity contribution is 7.99. The molecule has 0 fully saturated rings. The highest BCUT2D eigenvalue weighted by Crippen LogP contribution is 2.29. The van der Waals surface area contributed by atoms with Gasteiger partial charge in [0.2, 0.25) is 0 Å². The number of alkyl halides is 3. The first-order valence-electron chi connectivity index (χ1n) is 12.5. The normalized spacial score (nSPS) is 12.6. The van der Waals surface area contributed by atoms with Crippen LogP contribution in [0.25, 0.3) is 0 Å². The molecule has 0 aliphatic carbocycles. The summed E-state index contributed by atoms with van der Waals surface area (Å²) in [5, 5.41) is 5.18. The molecule has 2 aromatic carbocycles. The number of hydrogen-bond donors (Lipinski definition) is 2. The number of carbonyl (C=O) groups excluding carboxylic acids is 3. The fourth-order valence-electron chi connectivity index (χ4n) is 3.46. The fourth-order valence-corrected chi connectivity index (χ4v) is 4.66. The Hall–Kier alpha value is -3.28. The Morgan fingerprint density at radius 1 is 0.975 bits per heavy atom. The number of carbonyl (C=O) groups is 3. The number of nitrogens with one attached hydrogen (secondary N) is 2. The van der Waals surface area contributed by atoms with Gasteiger partial charge in [-0.25, -0.2) is 9.18 Å². The van der Waals surface area contributed by atoms with Crippen molar-refractivity contribution in [1.82, 2.24) is 10.6 Å². The third-order valence-electron chi connectivity index (χ3n) is 5.24. The second-order valence-corrected chi connectivity index (χ2v) is 11.4. The predicted octanol–water partition coefficient (Wildman–Crippen LogP) is 6.22. The van der Waals surface area contributed by atoms with Crippen LogP contribution in [0.15, 0.2) is 41.3 Å². The van der Waals surface area contributed by atoms with Gasteiger partial charge in [0.25, 0.3) is 5.91 Å². The van der Waals surface area contributed by atoms with E-state index in [1.165, 1.54) is 43.3 Å². The summed E-state index contributed by atoms with van der Waals surface area (Å²) >= 11 is 1.13. The minimum Gasteiger partial charge on any atom is -0.444 e. The van der Waals surface area contributed by atoms with E-state index in [4.69, 9.17) is 4.74 Å². The molecule has 2 rings (SSSR count). The molecular formula is C28H34F4N2O5S. The van der Waals surface area contributed by atoms with Gasteiger partial charge in [-0.2, -0.15) is 0 Å². The molecule has 1 atom stereocenters. The number of hydrogen-bond acceptors (Lipinski definition) is 6. The first kappa shape index (κ1) is 32.9. The van der Waals surface area contributed by atoms with Crippen molar-refractivity contribution in [3.05, 3.63) is 58.9 Å². The molecule has 0 aromatic heterocycles. The SMILES string of the molecule is CC(=O)[C@H](CSc1cc(F)c(C(=O)NC(C)C)cc1CCc1ccc(OC(F)(F)F)cc1)NC(=O)OC(C)(C)C. The lowest BCUT2D eigenvalue weighted by Crippen LogP contribution is -2.44. The van der Waals surface area contributed by atoms with E-state index in [9.17, 15) is 27.6 Å². The molecule has 2 amide bonds. The van der Waals surface area contributed by atoms with Crippen LogP contribution >= 0.6 is 11.8 Å². The molecule has 2 N–H and O–H groups in total. The average molecular weight is 587 g/mol. The van der Waals surface area contributed by atoms with Crippen molar-refractivity contribution in [3.8, 4) is 5.75 Å². The van der Waals surface area contributed by atoms with Crippen LogP contribution < -0.4 is 15.4 Å². The van der Waals surface area contributed by atoms with E-state index in [0.29, 0.717) is 28.9 Å². The summed E-state index contributed by atoms with van der Waals surface area (Å²) in [4.78, 5) is 37.4. The fraction of sp³-hybridized carbons (Fsp3) is 0.464. The van der Waals surface area contributed by atoms with Crippen molar-refractivity contribution in [3.63, 3.8) is 0 Å². The van der Waals surface area contributed by atoms with E-state index >= 15 is 4.39 Å². The number of Topliss-reactive ketones (excluding diaryl/α,β-unsaturated/α-hetero) is 1. The molecule has 0 bridgehead atoms. The Morgan fingerprint density at radius 3 is 2.12 bits per heavy atom. The van der Waals surface area contributed by atoms with E-state index < -0.39 is 35.8 Å². The quantitative estimate of drug-likeness (QED) is 0.240. The average Bonchev–Trinajstić information content (AvgIpc) is 2.79. The van der Waals surface area contributed by atoms with Gasteiger partial charge < -0.3 is 20.1 Å². The van der Waals surface area contributed by atoms with E-state index in [0.717, 1.165) is 11.8 Å². The van der Waals surface area contributed by atoms with Gasteiger partial charge in [-0.15, -0.1) is 24.9 Å². The highest BCUT2D eigenvalue weighted by Gasteiger charge is 2.31. The molecule has 2 aromatic rings. The molecule has 0 spiro atoms. The zero-order valence-electron chi connectivity index (χ0n) is 23.2. The van der Waals surface area contributed by atoms with E-state index in [1.807, 2.05) is 0 Å². The van der Waals surface area contributed by atoms with Crippen molar-refractivity contribution >= 4 is 29.5 Å². The molecule has 220 valence electrons. The molecule has 0 saturated carbocycles. The molecule has 0 aliphatic rings. The lowest BCUT2D eigenvalue weighted by atomic mass is 10.0. The number of benzene rings is 2. The summed E-state index contributed by atoms with van der Waals surface area (Å²) < 4.78 is 61.5. The number of ether oxygens (including phenoxy) is 2. The second-order valence-electron chi connectivity index (χ2n) is 10.4.